The first-order chi connectivity index (χ1) is 10.7. The highest BCUT2D eigenvalue weighted by Gasteiger charge is 2.10. The lowest BCUT2D eigenvalue weighted by Crippen LogP contribution is -2.16. The molecule has 1 amide bonds. The van der Waals surface area contributed by atoms with Gasteiger partial charge in [0.1, 0.15) is 5.82 Å². The molecule has 1 N–H and O–H groups in total. The summed E-state index contributed by atoms with van der Waals surface area (Å²) in [5, 5.41) is 6.92. The van der Waals surface area contributed by atoms with Crippen LogP contribution in [0.25, 0.3) is 5.82 Å². The highest BCUT2D eigenvalue weighted by Crippen LogP contribution is 2.16. The van der Waals surface area contributed by atoms with Gasteiger partial charge in [-0.15, -0.1) is 0 Å². The quantitative estimate of drug-likeness (QED) is 0.805. The van der Waals surface area contributed by atoms with Crippen molar-refractivity contribution in [2.24, 2.45) is 0 Å². The minimum Gasteiger partial charge on any atom is -0.323 e. The second-order valence-corrected chi connectivity index (χ2v) is 4.68. The maximum Gasteiger partial charge on any atom is 0.228 e. The molecule has 0 saturated heterocycles. The van der Waals surface area contributed by atoms with Gasteiger partial charge in [-0.3, -0.25) is 4.79 Å². The van der Waals surface area contributed by atoms with Gasteiger partial charge < -0.3 is 5.32 Å². The van der Waals surface area contributed by atoms with Crippen molar-refractivity contribution >= 4 is 11.6 Å². The van der Waals surface area contributed by atoms with Gasteiger partial charge in [-0.05, 0) is 35.9 Å². The van der Waals surface area contributed by atoms with Gasteiger partial charge in [-0.2, -0.15) is 5.10 Å². The zero-order chi connectivity index (χ0) is 15.4. The van der Waals surface area contributed by atoms with Crippen molar-refractivity contribution in [3.05, 3.63) is 72.4 Å². The third-order valence-electron chi connectivity index (χ3n) is 3.06. The molecule has 0 aliphatic carbocycles. The van der Waals surface area contributed by atoms with E-state index in [9.17, 15) is 9.18 Å². The fourth-order valence-electron chi connectivity index (χ4n) is 2.05. The van der Waals surface area contributed by atoms with Crippen molar-refractivity contribution in [1.82, 2.24) is 14.8 Å². The SMILES string of the molecule is O=C(Cc1ccc(F)cc1)Nc1cccnc1-n1cccn1. The molecule has 0 spiro atoms. The smallest absolute Gasteiger partial charge is 0.228 e. The van der Waals surface area contributed by atoms with Crippen molar-refractivity contribution in [2.75, 3.05) is 5.32 Å². The molecule has 3 aromatic rings. The molecule has 0 aliphatic rings. The van der Waals surface area contributed by atoms with Crippen molar-refractivity contribution in [3.63, 3.8) is 0 Å². The van der Waals surface area contributed by atoms with E-state index in [0.717, 1.165) is 5.56 Å². The minimum absolute atomic E-state index is 0.160. The van der Waals surface area contributed by atoms with Crippen LogP contribution in [0.15, 0.2) is 61.1 Å². The molecular formula is C16H13FN4O. The molecule has 0 bridgehead atoms. The fraction of sp³-hybridized carbons (Fsp3) is 0.0625. The van der Waals surface area contributed by atoms with Crippen LogP contribution in [0.4, 0.5) is 10.1 Å². The second-order valence-electron chi connectivity index (χ2n) is 4.68. The molecule has 5 nitrogen and oxygen atoms in total. The van der Waals surface area contributed by atoms with Gasteiger partial charge in [0, 0.05) is 18.6 Å². The molecule has 0 atom stereocenters. The van der Waals surface area contributed by atoms with E-state index in [2.05, 4.69) is 15.4 Å². The molecule has 110 valence electrons. The number of aromatic nitrogens is 3. The summed E-state index contributed by atoms with van der Waals surface area (Å²) in [4.78, 5) is 16.4. The molecule has 0 aliphatic heterocycles. The number of benzene rings is 1. The number of halogens is 1. The van der Waals surface area contributed by atoms with Crippen LogP contribution >= 0.6 is 0 Å². The Morgan fingerprint density at radius 2 is 1.95 bits per heavy atom. The summed E-state index contributed by atoms with van der Waals surface area (Å²) in [7, 11) is 0. The van der Waals surface area contributed by atoms with E-state index in [0.29, 0.717) is 11.5 Å². The van der Waals surface area contributed by atoms with Gasteiger partial charge in [0.2, 0.25) is 5.91 Å². The third-order valence-corrected chi connectivity index (χ3v) is 3.06. The lowest BCUT2D eigenvalue weighted by Gasteiger charge is -2.10. The number of pyridine rings is 1. The summed E-state index contributed by atoms with van der Waals surface area (Å²) >= 11 is 0. The topological polar surface area (TPSA) is 59.8 Å². The van der Waals surface area contributed by atoms with E-state index in [-0.39, 0.29) is 18.1 Å². The monoisotopic (exact) mass is 296 g/mol. The van der Waals surface area contributed by atoms with E-state index in [4.69, 9.17) is 0 Å². The Bertz CT molecular complexity index is 769. The minimum atomic E-state index is -0.322. The van der Waals surface area contributed by atoms with Crippen LogP contribution in [0.5, 0.6) is 0 Å². The van der Waals surface area contributed by atoms with Crippen LogP contribution < -0.4 is 5.32 Å². The molecule has 6 heteroatoms. The summed E-state index contributed by atoms with van der Waals surface area (Å²) in [6, 6.07) is 11.1. The van der Waals surface area contributed by atoms with Crippen molar-refractivity contribution in [1.29, 1.82) is 0 Å². The molecular weight excluding hydrogens is 283 g/mol. The van der Waals surface area contributed by atoms with Gasteiger partial charge in [0.25, 0.3) is 0 Å². The zero-order valence-electron chi connectivity index (χ0n) is 11.6. The molecule has 0 radical (unpaired) electrons. The predicted octanol–water partition coefficient (Wildman–Crippen LogP) is 2.59. The summed E-state index contributed by atoms with van der Waals surface area (Å²) in [5.41, 5.74) is 1.31. The normalized spacial score (nSPS) is 10.4. The van der Waals surface area contributed by atoms with Crippen LogP contribution in [-0.2, 0) is 11.2 Å². The molecule has 1 aromatic carbocycles. The molecule has 0 unspecified atom stereocenters. The Kier molecular flexibility index (Phi) is 3.91. The zero-order valence-corrected chi connectivity index (χ0v) is 11.6. The van der Waals surface area contributed by atoms with Crippen LogP contribution in [0, 0.1) is 5.82 Å². The standard InChI is InChI=1S/C16H13FN4O/c17-13-6-4-12(5-7-13)11-15(22)20-14-3-1-8-18-16(14)21-10-2-9-19-21/h1-10H,11H2,(H,20,22). The Balaban J connectivity index is 1.76. The number of hydrogen-bond acceptors (Lipinski definition) is 3. The average Bonchev–Trinajstić information content (AvgIpc) is 3.04. The van der Waals surface area contributed by atoms with Gasteiger partial charge in [-0.1, -0.05) is 12.1 Å². The number of hydrogen-bond donors (Lipinski definition) is 1. The summed E-state index contributed by atoms with van der Waals surface area (Å²) in [6.07, 6.45) is 5.18. The number of carbonyl (C=O) groups excluding carboxylic acids is 1. The second kappa shape index (κ2) is 6.17. The Hall–Kier alpha value is -3.02. The fourth-order valence-corrected chi connectivity index (χ4v) is 2.05. The Morgan fingerprint density at radius 3 is 2.68 bits per heavy atom. The summed E-state index contributed by atoms with van der Waals surface area (Å²) in [5.74, 6) is 0.0188. The van der Waals surface area contributed by atoms with E-state index in [1.165, 1.54) is 12.1 Å². The van der Waals surface area contributed by atoms with E-state index >= 15 is 0 Å². The number of rotatable bonds is 4. The molecule has 3 rings (SSSR count). The number of nitrogens with zero attached hydrogens (tertiary/aromatic N) is 3. The maximum absolute atomic E-state index is 12.9. The van der Waals surface area contributed by atoms with Crippen molar-refractivity contribution in [3.8, 4) is 5.82 Å². The van der Waals surface area contributed by atoms with Gasteiger partial charge in [0.15, 0.2) is 5.82 Å². The van der Waals surface area contributed by atoms with Gasteiger partial charge in [-0.25, -0.2) is 14.1 Å². The molecule has 2 aromatic heterocycles. The van der Waals surface area contributed by atoms with Crippen molar-refractivity contribution in [2.45, 2.75) is 6.42 Å². The van der Waals surface area contributed by atoms with E-state index < -0.39 is 0 Å². The number of carbonyl (C=O) groups is 1. The predicted molar refractivity (Wildman–Crippen MR) is 80.1 cm³/mol. The van der Waals surface area contributed by atoms with Crippen LogP contribution in [0.1, 0.15) is 5.56 Å². The first kappa shape index (κ1) is 13.9. The summed E-state index contributed by atoms with van der Waals surface area (Å²) in [6.45, 7) is 0. The van der Waals surface area contributed by atoms with Crippen molar-refractivity contribution < 1.29 is 9.18 Å². The first-order valence-corrected chi connectivity index (χ1v) is 6.72. The molecule has 0 fully saturated rings. The number of anilines is 1. The first-order valence-electron chi connectivity index (χ1n) is 6.72. The van der Waals surface area contributed by atoms with Crippen LogP contribution in [-0.4, -0.2) is 20.7 Å². The number of amides is 1. The van der Waals surface area contributed by atoms with Crippen LogP contribution in [0.3, 0.4) is 0 Å². The lowest BCUT2D eigenvalue weighted by molar-refractivity contribution is -0.115. The molecule has 0 saturated carbocycles. The Labute approximate surface area is 126 Å². The van der Waals surface area contributed by atoms with Gasteiger partial charge in [0.05, 0.1) is 12.1 Å². The molecule has 2 heterocycles. The number of nitrogens with one attached hydrogen (secondary N) is 1. The van der Waals surface area contributed by atoms with Gasteiger partial charge >= 0.3 is 0 Å². The Morgan fingerprint density at radius 1 is 1.14 bits per heavy atom. The highest BCUT2D eigenvalue weighted by molar-refractivity contribution is 5.93. The summed E-state index contributed by atoms with van der Waals surface area (Å²) < 4.78 is 14.4. The van der Waals surface area contributed by atoms with E-state index in [1.54, 1.807) is 53.6 Å². The highest BCUT2D eigenvalue weighted by atomic mass is 19.1. The van der Waals surface area contributed by atoms with E-state index in [1.807, 2.05) is 0 Å². The third kappa shape index (κ3) is 3.17. The largest absolute Gasteiger partial charge is 0.323 e. The average molecular weight is 296 g/mol. The lowest BCUT2D eigenvalue weighted by atomic mass is 10.1. The molecule has 22 heavy (non-hydrogen) atoms. The maximum atomic E-state index is 12.9. The van der Waals surface area contributed by atoms with Crippen LogP contribution in [0.2, 0.25) is 0 Å².